The van der Waals surface area contributed by atoms with Crippen LogP contribution in [-0.4, -0.2) is 13.1 Å². The van der Waals surface area contributed by atoms with Gasteiger partial charge in [0.2, 0.25) is 0 Å². The number of likely N-dealkylation sites (N-methyl/N-ethyl adjacent to an activating group) is 1. The molecule has 2 rings (SSSR count). The molecule has 0 amide bonds. The second-order valence-corrected chi connectivity index (χ2v) is 6.91. The van der Waals surface area contributed by atoms with Crippen molar-refractivity contribution in [2.24, 2.45) is 0 Å². The zero-order valence-electron chi connectivity index (χ0n) is 13.5. The third-order valence-corrected chi connectivity index (χ3v) is 5.35. The summed E-state index contributed by atoms with van der Waals surface area (Å²) in [5.41, 5.74) is 1.51. The van der Waals surface area contributed by atoms with Crippen LogP contribution in [0.2, 0.25) is 0 Å². The Hall–Kier alpha value is -0.860. The van der Waals surface area contributed by atoms with E-state index in [1.165, 1.54) is 60.6 Å². The molecule has 1 nitrogen and oxygen atoms in total. The Balaban J connectivity index is 1.79. The Morgan fingerprint density at radius 3 is 2.62 bits per heavy atom. The van der Waals surface area contributed by atoms with Crippen molar-refractivity contribution in [2.75, 3.05) is 7.05 Å². The van der Waals surface area contributed by atoms with Crippen LogP contribution >= 0.6 is 11.3 Å². The van der Waals surface area contributed by atoms with E-state index in [1.54, 1.807) is 0 Å². The molecule has 0 saturated heterocycles. The highest BCUT2D eigenvalue weighted by Gasteiger charge is 2.10. The number of hydrogen-bond acceptors (Lipinski definition) is 2. The van der Waals surface area contributed by atoms with E-state index in [9.17, 15) is 0 Å². The minimum Gasteiger partial charge on any atom is -0.317 e. The Morgan fingerprint density at radius 2 is 1.81 bits per heavy atom. The largest absolute Gasteiger partial charge is 0.317 e. The lowest BCUT2D eigenvalue weighted by atomic mass is 9.99. The number of unbranched alkanes of at least 4 members (excludes halogenated alkanes) is 5. The van der Waals surface area contributed by atoms with Crippen molar-refractivity contribution in [1.82, 2.24) is 5.32 Å². The molecule has 1 aromatic heterocycles. The van der Waals surface area contributed by atoms with Gasteiger partial charge < -0.3 is 5.32 Å². The molecule has 1 heterocycles. The second-order valence-electron chi connectivity index (χ2n) is 6.00. The fraction of sp³-hybridized carbons (Fsp3) is 0.579. The van der Waals surface area contributed by atoms with E-state index in [0.29, 0.717) is 6.04 Å². The number of thiophene rings is 1. The molecule has 116 valence electrons. The van der Waals surface area contributed by atoms with Gasteiger partial charge in [0.05, 0.1) is 0 Å². The van der Waals surface area contributed by atoms with Crippen molar-refractivity contribution in [1.29, 1.82) is 0 Å². The fourth-order valence-electron chi connectivity index (χ4n) is 2.98. The van der Waals surface area contributed by atoms with Crippen molar-refractivity contribution in [2.45, 2.75) is 64.3 Å². The molecule has 1 aromatic carbocycles. The maximum Gasteiger partial charge on any atom is 0.0345 e. The molecule has 21 heavy (non-hydrogen) atoms. The van der Waals surface area contributed by atoms with Crippen LogP contribution in [0.5, 0.6) is 0 Å². The molecule has 0 spiro atoms. The summed E-state index contributed by atoms with van der Waals surface area (Å²) >= 11 is 1.88. The maximum atomic E-state index is 3.51. The van der Waals surface area contributed by atoms with Gasteiger partial charge in [-0.1, -0.05) is 63.6 Å². The third-order valence-electron chi connectivity index (χ3n) is 4.34. The van der Waals surface area contributed by atoms with Crippen LogP contribution < -0.4 is 5.32 Å². The molecule has 0 fully saturated rings. The van der Waals surface area contributed by atoms with Gasteiger partial charge in [-0.3, -0.25) is 0 Å². The highest BCUT2D eigenvalue weighted by Crippen LogP contribution is 2.27. The minimum absolute atomic E-state index is 0.620. The smallest absolute Gasteiger partial charge is 0.0345 e. The average molecular weight is 304 g/mol. The van der Waals surface area contributed by atoms with Gasteiger partial charge in [0.25, 0.3) is 0 Å². The predicted octanol–water partition coefficient (Wildman–Crippen LogP) is 5.78. The lowest BCUT2D eigenvalue weighted by molar-refractivity contribution is 0.481. The zero-order valence-corrected chi connectivity index (χ0v) is 14.3. The Kier molecular flexibility index (Phi) is 7.25. The van der Waals surface area contributed by atoms with Crippen molar-refractivity contribution in [3.63, 3.8) is 0 Å². The third kappa shape index (κ3) is 5.12. The molecule has 1 unspecified atom stereocenters. The number of fused-ring (bicyclic) bond motifs is 1. The van der Waals surface area contributed by atoms with Gasteiger partial charge in [0.15, 0.2) is 0 Å². The van der Waals surface area contributed by atoms with Gasteiger partial charge in [0.1, 0.15) is 0 Å². The molecular weight excluding hydrogens is 274 g/mol. The lowest BCUT2D eigenvalue weighted by Gasteiger charge is -2.15. The standard InChI is InChI=1S/C19H29NS/c1-3-4-5-6-7-8-11-17(20-2)14-16-15-21-19-13-10-9-12-18(16)19/h9-10,12-13,15,17,20H,3-8,11,14H2,1-2H3. The van der Waals surface area contributed by atoms with E-state index in [-0.39, 0.29) is 0 Å². The first-order chi connectivity index (χ1) is 10.3. The summed E-state index contributed by atoms with van der Waals surface area (Å²) in [4.78, 5) is 0. The Labute approximate surface area is 133 Å². The SMILES string of the molecule is CCCCCCCCC(Cc1csc2ccccc12)NC. The normalized spacial score (nSPS) is 12.9. The summed E-state index contributed by atoms with van der Waals surface area (Å²) in [6.07, 6.45) is 10.8. The average Bonchev–Trinajstić information content (AvgIpc) is 2.92. The van der Waals surface area contributed by atoms with Crippen molar-refractivity contribution in [3.8, 4) is 0 Å². The van der Waals surface area contributed by atoms with Gasteiger partial charge >= 0.3 is 0 Å². The van der Waals surface area contributed by atoms with Gasteiger partial charge in [-0.25, -0.2) is 0 Å². The summed E-state index contributed by atoms with van der Waals surface area (Å²) < 4.78 is 1.42. The summed E-state index contributed by atoms with van der Waals surface area (Å²) in [6, 6.07) is 9.40. The van der Waals surface area contributed by atoms with Crippen LogP contribution in [0.15, 0.2) is 29.6 Å². The molecule has 0 aliphatic carbocycles. The maximum absolute atomic E-state index is 3.51. The lowest BCUT2D eigenvalue weighted by Crippen LogP contribution is -2.27. The van der Waals surface area contributed by atoms with Crippen LogP contribution in [-0.2, 0) is 6.42 Å². The van der Waals surface area contributed by atoms with Crippen LogP contribution in [0.4, 0.5) is 0 Å². The van der Waals surface area contributed by atoms with Gasteiger partial charge in [-0.05, 0) is 42.3 Å². The molecule has 1 atom stereocenters. The first-order valence-corrected chi connectivity index (χ1v) is 9.35. The topological polar surface area (TPSA) is 12.0 Å². The fourth-order valence-corrected chi connectivity index (χ4v) is 3.95. The summed E-state index contributed by atoms with van der Waals surface area (Å²) in [6.45, 7) is 2.28. The molecule has 0 aliphatic heterocycles. The van der Waals surface area contributed by atoms with E-state index < -0.39 is 0 Å². The zero-order chi connectivity index (χ0) is 14.9. The van der Waals surface area contributed by atoms with Crippen molar-refractivity contribution < 1.29 is 0 Å². The van der Waals surface area contributed by atoms with Gasteiger partial charge in [-0.15, -0.1) is 11.3 Å². The molecule has 2 heteroatoms. The number of nitrogens with one attached hydrogen (secondary N) is 1. The number of benzene rings is 1. The molecule has 1 N–H and O–H groups in total. The summed E-state index contributed by atoms with van der Waals surface area (Å²) in [7, 11) is 2.11. The predicted molar refractivity (Wildman–Crippen MR) is 96.4 cm³/mol. The molecule has 0 radical (unpaired) electrons. The minimum atomic E-state index is 0.620. The van der Waals surface area contributed by atoms with Crippen molar-refractivity contribution >= 4 is 21.4 Å². The first-order valence-electron chi connectivity index (χ1n) is 8.47. The van der Waals surface area contributed by atoms with Crippen LogP contribution in [0.3, 0.4) is 0 Å². The van der Waals surface area contributed by atoms with E-state index in [4.69, 9.17) is 0 Å². The van der Waals surface area contributed by atoms with Crippen LogP contribution in [0.1, 0.15) is 57.4 Å². The van der Waals surface area contributed by atoms with E-state index in [0.717, 1.165) is 6.42 Å². The van der Waals surface area contributed by atoms with E-state index in [1.807, 2.05) is 11.3 Å². The molecular formula is C19H29NS. The first kappa shape index (κ1) is 16.5. The molecule has 0 bridgehead atoms. The Morgan fingerprint density at radius 1 is 1.05 bits per heavy atom. The second kappa shape index (κ2) is 9.22. The quantitative estimate of drug-likeness (QED) is 0.548. The molecule has 2 aromatic rings. The molecule has 0 saturated carbocycles. The number of hydrogen-bond donors (Lipinski definition) is 1. The van der Waals surface area contributed by atoms with Gasteiger partial charge in [0, 0.05) is 10.7 Å². The Bertz CT molecular complexity index is 517. The highest BCUT2D eigenvalue weighted by atomic mass is 32.1. The monoisotopic (exact) mass is 303 g/mol. The molecule has 0 aliphatic rings. The van der Waals surface area contributed by atoms with E-state index in [2.05, 4.69) is 48.9 Å². The number of rotatable bonds is 10. The summed E-state index contributed by atoms with van der Waals surface area (Å²) in [5, 5.41) is 7.30. The van der Waals surface area contributed by atoms with Crippen molar-refractivity contribution in [3.05, 3.63) is 35.2 Å². The van der Waals surface area contributed by atoms with Crippen LogP contribution in [0, 0.1) is 0 Å². The summed E-state index contributed by atoms with van der Waals surface area (Å²) in [5.74, 6) is 0. The van der Waals surface area contributed by atoms with E-state index >= 15 is 0 Å². The van der Waals surface area contributed by atoms with Crippen LogP contribution in [0.25, 0.3) is 10.1 Å². The highest BCUT2D eigenvalue weighted by molar-refractivity contribution is 7.17. The van der Waals surface area contributed by atoms with Gasteiger partial charge in [-0.2, -0.15) is 0 Å².